The summed E-state index contributed by atoms with van der Waals surface area (Å²) in [5, 5.41) is 2.57. The van der Waals surface area contributed by atoms with Crippen molar-refractivity contribution in [3.8, 4) is 11.5 Å². The molecule has 1 amide bonds. The third-order valence-corrected chi connectivity index (χ3v) is 5.78. The van der Waals surface area contributed by atoms with Crippen LogP contribution in [-0.4, -0.2) is 42.1 Å². The van der Waals surface area contributed by atoms with Gasteiger partial charge < -0.3 is 19.5 Å². The molecule has 8 nitrogen and oxygen atoms in total. The summed E-state index contributed by atoms with van der Waals surface area (Å²) in [7, 11) is 1.38. The zero-order chi connectivity index (χ0) is 25.6. The molecule has 1 heterocycles. The van der Waals surface area contributed by atoms with E-state index in [9.17, 15) is 14.4 Å². The van der Waals surface area contributed by atoms with Crippen LogP contribution in [0, 0.1) is 19.8 Å². The SMILES string of the molecule is COc1ccnc(C(=O)N[C@@H](C)C(=O)O[C@@H](C)[C@H](c2cccc(C)c2C)C(C)C)c1OC(C)=O. The first-order chi connectivity index (χ1) is 16.0. The highest BCUT2D eigenvalue weighted by molar-refractivity contribution is 5.98. The van der Waals surface area contributed by atoms with Gasteiger partial charge in [0.1, 0.15) is 12.1 Å². The Kier molecular flexibility index (Phi) is 9.18. The van der Waals surface area contributed by atoms with Crippen LogP contribution in [0.2, 0.25) is 0 Å². The van der Waals surface area contributed by atoms with Crippen molar-refractivity contribution < 1.29 is 28.6 Å². The van der Waals surface area contributed by atoms with Crippen LogP contribution in [0.25, 0.3) is 0 Å². The number of amides is 1. The highest BCUT2D eigenvalue weighted by atomic mass is 16.6. The van der Waals surface area contributed by atoms with Gasteiger partial charge in [-0.3, -0.25) is 9.59 Å². The van der Waals surface area contributed by atoms with Crippen molar-refractivity contribution in [2.75, 3.05) is 7.11 Å². The van der Waals surface area contributed by atoms with Crippen molar-refractivity contribution >= 4 is 17.8 Å². The average Bonchev–Trinajstić information content (AvgIpc) is 2.76. The van der Waals surface area contributed by atoms with Gasteiger partial charge in [-0.25, -0.2) is 9.78 Å². The van der Waals surface area contributed by atoms with E-state index >= 15 is 0 Å². The minimum atomic E-state index is -0.959. The van der Waals surface area contributed by atoms with E-state index in [0.717, 1.165) is 5.56 Å². The fourth-order valence-electron chi connectivity index (χ4n) is 3.97. The molecule has 0 fully saturated rings. The van der Waals surface area contributed by atoms with Crippen LogP contribution >= 0.6 is 0 Å². The van der Waals surface area contributed by atoms with Crippen LogP contribution in [-0.2, 0) is 14.3 Å². The Labute approximate surface area is 201 Å². The van der Waals surface area contributed by atoms with Gasteiger partial charge in [-0.05, 0) is 50.3 Å². The zero-order valence-corrected chi connectivity index (χ0v) is 21.1. The third-order valence-electron chi connectivity index (χ3n) is 5.78. The molecule has 0 unspecified atom stereocenters. The molecule has 0 saturated heterocycles. The molecular formula is C26H34N2O6. The number of methoxy groups -OCH3 is 1. The summed E-state index contributed by atoms with van der Waals surface area (Å²) in [4.78, 5) is 41.2. The number of esters is 2. The highest BCUT2D eigenvalue weighted by Gasteiger charge is 2.30. The maximum Gasteiger partial charge on any atom is 0.328 e. The molecule has 34 heavy (non-hydrogen) atoms. The van der Waals surface area contributed by atoms with Gasteiger partial charge in [-0.1, -0.05) is 32.0 Å². The van der Waals surface area contributed by atoms with Crippen molar-refractivity contribution in [1.82, 2.24) is 10.3 Å². The van der Waals surface area contributed by atoms with Crippen LogP contribution in [0.1, 0.15) is 67.7 Å². The number of nitrogens with zero attached hydrogens (tertiary/aromatic N) is 1. The fourth-order valence-corrected chi connectivity index (χ4v) is 3.97. The van der Waals surface area contributed by atoms with Gasteiger partial charge in [0.25, 0.3) is 5.91 Å². The van der Waals surface area contributed by atoms with Crippen LogP contribution in [0.4, 0.5) is 0 Å². The number of aromatic nitrogens is 1. The van der Waals surface area contributed by atoms with Crippen LogP contribution in [0.3, 0.4) is 0 Å². The molecule has 1 aromatic heterocycles. The summed E-state index contributed by atoms with van der Waals surface area (Å²) < 4.78 is 16.1. The highest BCUT2D eigenvalue weighted by Crippen LogP contribution is 2.33. The van der Waals surface area contributed by atoms with Gasteiger partial charge in [0.2, 0.25) is 5.75 Å². The Bertz CT molecular complexity index is 1050. The van der Waals surface area contributed by atoms with Crippen LogP contribution in [0.5, 0.6) is 11.5 Å². The predicted octanol–water partition coefficient (Wildman–Crippen LogP) is 4.12. The van der Waals surface area contributed by atoms with E-state index in [1.165, 1.54) is 44.3 Å². The molecule has 0 bridgehead atoms. The normalized spacial score (nSPS) is 13.6. The Balaban J connectivity index is 2.17. The largest absolute Gasteiger partial charge is 0.493 e. The Morgan fingerprint density at radius 3 is 2.29 bits per heavy atom. The number of carbonyl (C=O) groups is 3. The Hall–Kier alpha value is -3.42. The lowest BCUT2D eigenvalue weighted by Gasteiger charge is -2.30. The molecule has 0 aliphatic rings. The topological polar surface area (TPSA) is 104 Å². The number of hydrogen-bond donors (Lipinski definition) is 1. The number of carbonyl (C=O) groups excluding carboxylic acids is 3. The lowest BCUT2D eigenvalue weighted by Crippen LogP contribution is -2.42. The van der Waals surface area contributed by atoms with E-state index in [0.29, 0.717) is 0 Å². The molecule has 0 saturated carbocycles. The van der Waals surface area contributed by atoms with Gasteiger partial charge in [0.05, 0.1) is 7.11 Å². The summed E-state index contributed by atoms with van der Waals surface area (Å²) in [6.07, 6.45) is 0.933. The maximum absolute atomic E-state index is 12.8. The first kappa shape index (κ1) is 26.8. The lowest BCUT2D eigenvalue weighted by atomic mass is 9.81. The van der Waals surface area contributed by atoms with E-state index in [4.69, 9.17) is 14.2 Å². The summed E-state index contributed by atoms with van der Waals surface area (Å²) in [5.41, 5.74) is 3.32. The number of hydrogen-bond acceptors (Lipinski definition) is 7. The Morgan fingerprint density at radius 2 is 1.71 bits per heavy atom. The summed E-state index contributed by atoms with van der Waals surface area (Å²) in [5.74, 6) is -1.63. The molecule has 0 radical (unpaired) electrons. The van der Waals surface area contributed by atoms with Gasteiger partial charge in [-0.2, -0.15) is 0 Å². The first-order valence-electron chi connectivity index (χ1n) is 11.3. The van der Waals surface area contributed by atoms with Crippen molar-refractivity contribution in [2.45, 2.75) is 66.5 Å². The minimum Gasteiger partial charge on any atom is -0.493 e. The minimum absolute atomic E-state index is 0.0117. The van der Waals surface area contributed by atoms with Crippen LogP contribution in [0.15, 0.2) is 30.5 Å². The predicted molar refractivity (Wildman–Crippen MR) is 128 cm³/mol. The molecule has 184 valence electrons. The van der Waals surface area contributed by atoms with E-state index in [-0.39, 0.29) is 29.0 Å². The van der Waals surface area contributed by atoms with Crippen molar-refractivity contribution in [3.63, 3.8) is 0 Å². The summed E-state index contributed by atoms with van der Waals surface area (Å²) in [6.45, 7) is 12.9. The second-order valence-electron chi connectivity index (χ2n) is 8.68. The standard InChI is InChI=1S/C26H34N2O6/c1-14(2)22(20-11-9-10-15(3)16(20)4)18(6)33-26(31)17(5)28-25(30)23-24(34-19(7)29)21(32-8)12-13-27-23/h9-14,17-18,22H,1-8H3,(H,28,30)/t17-,18-,22+/m0/s1. The number of ether oxygens (including phenoxy) is 3. The molecule has 3 atom stereocenters. The van der Waals surface area contributed by atoms with E-state index < -0.39 is 30.0 Å². The van der Waals surface area contributed by atoms with Gasteiger partial charge in [0.15, 0.2) is 11.4 Å². The molecule has 2 aromatic rings. The monoisotopic (exact) mass is 470 g/mol. The average molecular weight is 471 g/mol. The Morgan fingerprint density at radius 1 is 1.03 bits per heavy atom. The quantitative estimate of drug-likeness (QED) is 0.550. The van der Waals surface area contributed by atoms with Crippen molar-refractivity contribution in [3.05, 3.63) is 52.8 Å². The van der Waals surface area contributed by atoms with Gasteiger partial charge in [0, 0.05) is 25.1 Å². The van der Waals surface area contributed by atoms with Gasteiger partial charge >= 0.3 is 11.9 Å². The van der Waals surface area contributed by atoms with Gasteiger partial charge in [-0.15, -0.1) is 0 Å². The number of rotatable bonds is 9. The van der Waals surface area contributed by atoms with E-state index in [2.05, 4.69) is 50.1 Å². The van der Waals surface area contributed by atoms with E-state index in [1.807, 2.05) is 13.0 Å². The molecule has 0 aliphatic heterocycles. The maximum atomic E-state index is 12.8. The summed E-state index contributed by atoms with van der Waals surface area (Å²) in [6, 6.07) is 6.63. The molecule has 1 aromatic carbocycles. The smallest absolute Gasteiger partial charge is 0.328 e. The van der Waals surface area contributed by atoms with Crippen molar-refractivity contribution in [2.24, 2.45) is 5.92 Å². The fraction of sp³-hybridized carbons (Fsp3) is 0.462. The second-order valence-corrected chi connectivity index (χ2v) is 8.68. The number of aryl methyl sites for hydroxylation is 1. The molecule has 0 spiro atoms. The molecule has 1 N–H and O–H groups in total. The molecular weight excluding hydrogens is 436 g/mol. The van der Waals surface area contributed by atoms with E-state index in [1.54, 1.807) is 0 Å². The molecule has 2 rings (SSSR count). The molecule has 0 aliphatic carbocycles. The van der Waals surface area contributed by atoms with Crippen LogP contribution < -0.4 is 14.8 Å². The summed E-state index contributed by atoms with van der Waals surface area (Å²) >= 11 is 0. The number of pyridine rings is 1. The first-order valence-corrected chi connectivity index (χ1v) is 11.3. The zero-order valence-electron chi connectivity index (χ0n) is 21.1. The lowest BCUT2D eigenvalue weighted by molar-refractivity contribution is -0.151. The molecule has 8 heteroatoms. The number of benzene rings is 1. The van der Waals surface area contributed by atoms with Crippen molar-refractivity contribution in [1.29, 1.82) is 0 Å². The second kappa shape index (κ2) is 11.6. The number of nitrogens with one attached hydrogen (secondary N) is 1. The third kappa shape index (κ3) is 6.34.